The van der Waals surface area contributed by atoms with Crippen LogP contribution in [0.4, 0.5) is 13.2 Å². The highest BCUT2D eigenvalue weighted by molar-refractivity contribution is 5.68. The van der Waals surface area contributed by atoms with E-state index < -0.39 is 11.9 Å². The van der Waals surface area contributed by atoms with E-state index in [9.17, 15) is 13.2 Å². The lowest BCUT2D eigenvalue weighted by Gasteiger charge is -2.16. The topological polar surface area (TPSA) is 27.1 Å². The summed E-state index contributed by atoms with van der Waals surface area (Å²) in [5.41, 5.74) is 0.427. The molecule has 0 saturated heterocycles. The molecular weight excluding hydrogens is 281 g/mol. The molecule has 2 heterocycles. The summed E-state index contributed by atoms with van der Waals surface area (Å²) in [6, 6.07) is 8.33. The van der Waals surface area contributed by atoms with Gasteiger partial charge in [-0.25, -0.2) is 4.68 Å². The van der Waals surface area contributed by atoms with Crippen molar-refractivity contribution in [1.82, 2.24) is 9.78 Å². The summed E-state index contributed by atoms with van der Waals surface area (Å²) in [5.74, 6) is 0. The van der Waals surface area contributed by atoms with Crippen LogP contribution >= 0.6 is 0 Å². The van der Waals surface area contributed by atoms with Crippen molar-refractivity contribution in [2.75, 3.05) is 13.2 Å². The van der Waals surface area contributed by atoms with Crippen LogP contribution in [0, 0.1) is 0 Å². The van der Waals surface area contributed by atoms with Crippen LogP contribution in [0.5, 0.6) is 0 Å². The first-order valence-corrected chi connectivity index (χ1v) is 6.55. The average Bonchev–Trinajstić information content (AvgIpc) is 2.94. The van der Waals surface area contributed by atoms with Crippen LogP contribution in [-0.2, 0) is 10.9 Å². The number of hydrogen-bond donors (Lipinski definition) is 0. The van der Waals surface area contributed by atoms with E-state index in [1.807, 2.05) is 0 Å². The molecule has 0 N–H and O–H groups in total. The lowest BCUT2D eigenvalue weighted by atomic mass is 10.0. The summed E-state index contributed by atoms with van der Waals surface area (Å²) in [6.07, 6.45) is -1.04. The number of nitrogens with zero attached hydrogens (tertiary/aromatic N) is 2. The molecule has 0 spiro atoms. The first-order chi connectivity index (χ1) is 10.1. The summed E-state index contributed by atoms with van der Waals surface area (Å²) < 4.78 is 46.5. The summed E-state index contributed by atoms with van der Waals surface area (Å²) in [6.45, 7) is 0.767. The lowest BCUT2D eigenvalue weighted by molar-refractivity contribution is -0.143. The van der Waals surface area contributed by atoms with Gasteiger partial charge in [-0.05, 0) is 24.1 Å². The van der Waals surface area contributed by atoms with E-state index in [-0.39, 0.29) is 5.56 Å². The number of hydrogen-bond acceptors (Lipinski definition) is 2. The fraction of sp³-hybridized carbons (Fsp3) is 0.267. The van der Waals surface area contributed by atoms with Crippen molar-refractivity contribution in [3.8, 4) is 5.69 Å². The maximum Gasteiger partial charge on any atom is 0.434 e. The Bertz CT molecular complexity index is 659. The van der Waals surface area contributed by atoms with Crippen molar-refractivity contribution in [2.45, 2.75) is 12.6 Å². The Labute approximate surface area is 119 Å². The maximum absolute atomic E-state index is 13.5. The van der Waals surface area contributed by atoms with E-state index in [0.717, 1.165) is 4.68 Å². The summed E-state index contributed by atoms with van der Waals surface area (Å²) in [7, 11) is 0. The predicted octanol–water partition coefficient (Wildman–Crippen LogP) is 3.69. The number of rotatable bonds is 2. The summed E-state index contributed by atoms with van der Waals surface area (Å²) >= 11 is 0. The quantitative estimate of drug-likeness (QED) is 0.844. The minimum Gasteiger partial charge on any atom is -0.377 e. The predicted molar refractivity (Wildman–Crippen MR) is 72.0 cm³/mol. The second-order valence-electron chi connectivity index (χ2n) is 4.71. The zero-order chi connectivity index (χ0) is 14.9. The molecular formula is C15H13F3N2O. The van der Waals surface area contributed by atoms with Gasteiger partial charge in [-0.1, -0.05) is 24.3 Å². The van der Waals surface area contributed by atoms with Crippen LogP contribution in [0.1, 0.15) is 17.7 Å². The van der Waals surface area contributed by atoms with Crippen molar-refractivity contribution >= 4 is 5.57 Å². The number of ether oxygens (including phenoxy) is 1. The monoisotopic (exact) mass is 294 g/mol. The zero-order valence-electron chi connectivity index (χ0n) is 11.1. The van der Waals surface area contributed by atoms with Crippen molar-refractivity contribution in [2.24, 2.45) is 0 Å². The second kappa shape index (κ2) is 5.37. The van der Waals surface area contributed by atoms with Gasteiger partial charge in [-0.15, -0.1) is 0 Å². The van der Waals surface area contributed by atoms with E-state index in [0.29, 0.717) is 30.9 Å². The molecule has 3 rings (SSSR count). The SMILES string of the molecule is FC(F)(F)c1c(C2=CCOCC2)cnn1-c1ccccc1. The second-order valence-corrected chi connectivity index (χ2v) is 4.71. The molecule has 0 fully saturated rings. The van der Waals surface area contributed by atoms with Crippen LogP contribution in [0.15, 0.2) is 42.6 Å². The number of benzene rings is 1. The molecule has 0 aliphatic carbocycles. The fourth-order valence-corrected chi connectivity index (χ4v) is 2.39. The van der Waals surface area contributed by atoms with Gasteiger partial charge >= 0.3 is 6.18 Å². The van der Waals surface area contributed by atoms with Gasteiger partial charge in [0.15, 0.2) is 5.69 Å². The third-order valence-corrected chi connectivity index (χ3v) is 3.35. The number of halogens is 3. The number of alkyl halides is 3. The van der Waals surface area contributed by atoms with E-state index in [1.165, 1.54) is 6.20 Å². The van der Waals surface area contributed by atoms with Gasteiger partial charge in [0.25, 0.3) is 0 Å². The molecule has 21 heavy (non-hydrogen) atoms. The van der Waals surface area contributed by atoms with E-state index in [2.05, 4.69) is 5.10 Å². The zero-order valence-corrected chi connectivity index (χ0v) is 11.1. The molecule has 0 saturated carbocycles. The third kappa shape index (κ3) is 2.71. The average molecular weight is 294 g/mol. The van der Waals surface area contributed by atoms with Crippen LogP contribution in [-0.4, -0.2) is 23.0 Å². The van der Waals surface area contributed by atoms with Crippen molar-refractivity contribution in [3.05, 3.63) is 53.9 Å². The van der Waals surface area contributed by atoms with E-state index in [1.54, 1.807) is 36.4 Å². The largest absolute Gasteiger partial charge is 0.434 e. The van der Waals surface area contributed by atoms with E-state index >= 15 is 0 Å². The Morgan fingerprint density at radius 2 is 1.90 bits per heavy atom. The normalized spacial score (nSPS) is 15.9. The van der Waals surface area contributed by atoms with E-state index in [4.69, 9.17) is 4.74 Å². The molecule has 0 radical (unpaired) electrons. The molecule has 2 aromatic rings. The molecule has 1 aromatic carbocycles. The molecule has 1 aliphatic rings. The Balaban J connectivity index is 2.15. The first-order valence-electron chi connectivity index (χ1n) is 6.55. The van der Waals surface area contributed by atoms with Crippen molar-refractivity contribution in [3.63, 3.8) is 0 Å². The molecule has 1 aromatic heterocycles. The van der Waals surface area contributed by atoms with Gasteiger partial charge in [0.2, 0.25) is 0 Å². The van der Waals surface area contributed by atoms with Crippen LogP contribution < -0.4 is 0 Å². The molecule has 3 nitrogen and oxygen atoms in total. The van der Waals surface area contributed by atoms with Crippen molar-refractivity contribution in [1.29, 1.82) is 0 Å². The van der Waals surface area contributed by atoms with Gasteiger partial charge in [0.05, 0.1) is 25.1 Å². The van der Waals surface area contributed by atoms with Gasteiger partial charge in [0, 0.05) is 5.56 Å². The highest BCUT2D eigenvalue weighted by Gasteiger charge is 2.39. The first kappa shape index (κ1) is 13.9. The van der Waals surface area contributed by atoms with Crippen LogP contribution in [0.25, 0.3) is 11.3 Å². The summed E-state index contributed by atoms with van der Waals surface area (Å²) in [5, 5.41) is 3.94. The fourth-order valence-electron chi connectivity index (χ4n) is 2.39. The minimum atomic E-state index is -4.47. The summed E-state index contributed by atoms with van der Waals surface area (Å²) in [4.78, 5) is 0. The van der Waals surface area contributed by atoms with Gasteiger partial charge in [-0.3, -0.25) is 0 Å². The molecule has 0 atom stereocenters. The standard InChI is InChI=1S/C15H13F3N2O/c16-15(17,18)14-13(11-6-8-21-9-7-11)10-19-20(14)12-4-2-1-3-5-12/h1-6,10H,7-9H2. The molecule has 1 aliphatic heterocycles. The lowest BCUT2D eigenvalue weighted by Crippen LogP contribution is -2.16. The number of aromatic nitrogens is 2. The van der Waals surface area contributed by atoms with Gasteiger partial charge in [0.1, 0.15) is 0 Å². The molecule has 0 bridgehead atoms. The number of para-hydroxylation sites is 1. The molecule has 0 amide bonds. The van der Waals surface area contributed by atoms with Crippen LogP contribution in [0.2, 0.25) is 0 Å². The third-order valence-electron chi connectivity index (χ3n) is 3.35. The Morgan fingerprint density at radius 1 is 1.14 bits per heavy atom. The minimum absolute atomic E-state index is 0.134. The van der Waals surface area contributed by atoms with Gasteiger partial charge in [-0.2, -0.15) is 18.3 Å². The Kier molecular flexibility index (Phi) is 3.55. The highest BCUT2D eigenvalue weighted by Crippen LogP contribution is 2.37. The molecule has 110 valence electrons. The Hall–Kier alpha value is -2.08. The maximum atomic E-state index is 13.5. The smallest absolute Gasteiger partial charge is 0.377 e. The van der Waals surface area contributed by atoms with Crippen molar-refractivity contribution < 1.29 is 17.9 Å². The van der Waals surface area contributed by atoms with Crippen LogP contribution in [0.3, 0.4) is 0 Å². The Morgan fingerprint density at radius 3 is 2.52 bits per heavy atom. The molecule has 0 unspecified atom stereocenters. The van der Waals surface area contributed by atoms with Gasteiger partial charge < -0.3 is 4.74 Å². The highest BCUT2D eigenvalue weighted by atomic mass is 19.4. The molecule has 6 heteroatoms.